The molecule has 0 bridgehead atoms. The minimum atomic E-state index is -4.60. The molecule has 0 aliphatic heterocycles. The number of likely N-dealkylation sites (N-methyl/N-ethyl adjacent to an activating group) is 1. The molecule has 1 amide bonds. The molecule has 0 aliphatic carbocycles. The maximum Gasteiger partial charge on any atom is 0.268 e. The van der Waals surface area contributed by atoms with Crippen molar-refractivity contribution in [2.75, 3.05) is 40.9 Å². The standard InChI is InChI=1S/C74H147N2O6P/c1-6-8-10-12-14-16-18-20-22-24-26-28-30-32-34-36-37-38-40-41-43-45-47-49-51-53-55-57-59-61-63-65-67-73(77)72(71-82-83(79,80)81-70-69-76(3,4)5)75-74(78)68-66-64-62-60-58-56-54-52-50-48-46-44-42-39-35-33-31-29-27-25-23-21-19-17-15-13-11-9-7-2/h25,27,65,67,72-73,77H,6-24,26,28-64,66,68-71H2,1-5H3,(H-,75,78,79,80)/b27-25-,67-65+. The Bertz CT molecular complexity index is 1400. The van der Waals surface area contributed by atoms with E-state index in [0.29, 0.717) is 17.4 Å². The van der Waals surface area contributed by atoms with Crippen LogP contribution in [0, 0.1) is 0 Å². The van der Waals surface area contributed by atoms with Crippen molar-refractivity contribution in [2.45, 2.75) is 405 Å². The molecule has 0 aromatic carbocycles. The van der Waals surface area contributed by atoms with Gasteiger partial charge in [-0.1, -0.05) is 366 Å². The Hall–Kier alpha value is -1.02. The van der Waals surface area contributed by atoms with Crippen molar-refractivity contribution in [3.63, 3.8) is 0 Å². The number of carbonyl (C=O) groups excluding carboxylic acids is 1. The largest absolute Gasteiger partial charge is 0.756 e. The minimum Gasteiger partial charge on any atom is -0.756 e. The molecule has 3 unspecified atom stereocenters. The number of allylic oxidation sites excluding steroid dienone is 3. The number of hydrogen-bond donors (Lipinski definition) is 2. The molecule has 0 heterocycles. The fraction of sp³-hybridized carbons (Fsp3) is 0.932. The van der Waals surface area contributed by atoms with E-state index >= 15 is 0 Å². The molecule has 0 aliphatic rings. The predicted octanol–water partition coefficient (Wildman–Crippen LogP) is 23.2. The van der Waals surface area contributed by atoms with Gasteiger partial charge in [0.2, 0.25) is 5.91 Å². The number of nitrogens with zero attached hydrogens (tertiary/aromatic N) is 1. The highest BCUT2D eigenvalue weighted by molar-refractivity contribution is 7.45. The summed E-state index contributed by atoms with van der Waals surface area (Å²) in [7, 11) is 1.28. The third kappa shape index (κ3) is 68.3. The van der Waals surface area contributed by atoms with Gasteiger partial charge in [-0.2, -0.15) is 0 Å². The van der Waals surface area contributed by atoms with Crippen LogP contribution in [-0.2, 0) is 18.4 Å². The minimum absolute atomic E-state index is 0.00187. The monoisotopic (exact) mass is 1190 g/mol. The normalized spacial score (nSPS) is 13.7. The van der Waals surface area contributed by atoms with E-state index in [0.717, 1.165) is 38.5 Å². The first-order valence-electron chi connectivity index (χ1n) is 37.2. The summed E-state index contributed by atoms with van der Waals surface area (Å²) in [6, 6.07) is -0.886. The summed E-state index contributed by atoms with van der Waals surface area (Å²) in [4.78, 5) is 25.7. The number of quaternary nitrogens is 1. The van der Waals surface area contributed by atoms with Crippen LogP contribution >= 0.6 is 7.82 Å². The number of unbranched alkanes of at least 4 members (excludes halogenated alkanes) is 55. The molecule has 0 aromatic heterocycles. The number of nitrogens with one attached hydrogen (secondary N) is 1. The zero-order chi connectivity index (χ0) is 60.5. The average Bonchev–Trinajstić information content (AvgIpc) is 3.50. The van der Waals surface area contributed by atoms with E-state index in [1.165, 1.54) is 334 Å². The molecule has 0 saturated carbocycles. The molecule has 83 heavy (non-hydrogen) atoms. The van der Waals surface area contributed by atoms with Crippen molar-refractivity contribution in [1.29, 1.82) is 0 Å². The summed E-state index contributed by atoms with van der Waals surface area (Å²) in [6.45, 7) is 4.72. The summed E-state index contributed by atoms with van der Waals surface area (Å²) in [6.07, 6.45) is 86.1. The topological polar surface area (TPSA) is 108 Å². The van der Waals surface area contributed by atoms with E-state index < -0.39 is 20.0 Å². The highest BCUT2D eigenvalue weighted by atomic mass is 31.2. The maximum absolute atomic E-state index is 13.1. The zero-order valence-corrected chi connectivity index (χ0v) is 57.6. The molecule has 0 fully saturated rings. The van der Waals surface area contributed by atoms with Crippen molar-refractivity contribution in [2.24, 2.45) is 0 Å². The van der Waals surface area contributed by atoms with Crippen LogP contribution in [-0.4, -0.2) is 68.5 Å². The number of phosphoric acid groups is 1. The van der Waals surface area contributed by atoms with Crippen LogP contribution in [0.1, 0.15) is 393 Å². The summed E-state index contributed by atoms with van der Waals surface area (Å²) < 4.78 is 23.5. The number of carbonyl (C=O) groups is 1. The van der Waals surface area contributed by atoms with Gasteiger partial charge in [0.15, 0.2) is 0 Å². The first kappa shape index (κ1) is 82.0. The van der Waals surface area contributed by atoms with Gasteiger partial charge in [0.05, 0.1) is 39.9 Å². The van der Waals surface area contributed by atoms with E-state index in [9.17, 15) is 19.4 Å². The Morgan fingerprint density at radius 1 is 0.410 bits per heavy atom. The molecule has 3 atom stereocenters. The Kier molecular flexibility index (Phi) is 64.6. The zero-order valence-electron chi connectivity index (χ0n) is 56.7. The first-order valence-corrected chi connectivity index (χ1v) is 38.7. The second-order valence-electron chi connectivity index (χ2n) is 27.0. The lowest BCUT2D eigenvalue weighted by Crippen LogP contribution is -2.45. The van der Waals surface area contributed by atoms with Crippen molar-refractivity contribution in [1.82, 2.24) is 5.32 Å². The molecule has 0 aromatic rings. The van der Waals surface area contributed by atoms with Gasteiger partial charge in [-0.3, -0.25) is 9.36 Å². The summed E-state index contributed by atoms with van der Waals surface area (Å²) in [5.74, 6) is -0.188. The van der Waals surface area contributed by atoms with Crippen molar-refractivity contribution >= 4 is 13.7 Å². The van der Waals surface area contributed by atoms with E-state index in [-0.39, 0.29) is 19.1 Å². The van der Waals surface area contributed by atoms with E-state index in [1.54, 1.807) is 6.08 Å². The molecule has 8 nitrogen and oxygen atoms in total. The molecule has 2 N–H and O–H groups in total. The van der Waals surface area contributed by atoms with Crippen LogP contribution in [0.4, 0.5) is 0 Å². The first-order chi connectivity index (χ1) is 40.5. The number of amides is 1. The molecule has 494 valence electrons. The molecule has 0 rings (SSSR count). The second kappa shape index (κ2) is 65.4. The fourth-order valence-electron chi connectivity index (χ4n) is 11.6. The fourth-order valence-corrected chi connectivity index (χ4v) is 12.3. The molecule has 0 radical (unpaired) electrons. The van der Waals surface area contributed by atoms with Gasteiger partial charge < -0.3 is 28.8 Å². The summed E-state index contributed by atoms with van der Waals surface area (Å²) in [5, 5.41) is 14.0. The highest BCUT2D eigenvalue weighted by Crippen LogP contribution is 2.38. The van der Waals surface area contributed by atoms with Gasteiger partial charge >= 0.3 is 0 Å². The Morgan fingerprint density at radius 2 is 0.663 bits per heavy atom. The molecule has 0 saturated heterocycles. The predicted molar refractivity (Wildman–Crippen MR) is 362 cm³/mol. The molecule has 0 spiro atoms. The third-order valence-electron chi connectivity index (χ3n) is 17.4. The van der Waals surface area contributed by atoms with Crippen LogP contribution in [0.25, 0.3) is 0 Å². The van der Waals surface area contributed by atoms with E-state index in [2.05, 4.69) is 31.3 Å². The quantitative estimate of drug-likeness (QED) is 0.0272. The van der Waals surface area contributed by atoms with Gasteiger partial charge in [-0.25, -0.2) is 0 Å². The Labute approximate surface area is 519 Å². The maximum atomic E-state index is 13.1. The molecular weight excluding hydrogens is 1040 g/mol. The SMILES string of the molecule is CCCCCCCCCC/C=C\CCCCCCCCCCCCCCCCCCCC(=O)NC(COP(=O)([O-])OCC[N+](C)(C)C)C(O)/C=C/CCCCCCCCCCCCCCCCCCCCCCCCCCCCCCCC. The van der Waals surface area contributed by atoms with Crippen LogP contribution in [0.15, 0.2) is 24.3 Å². The number of hydrogen-bond acceptors (Lipinski definition) is 6. The van der Waals surface area contributed by atoms with Gasteiger partial charge in [0.1, 0.15) is 13.2 Å². The van der Waals surface area contributed by atoms with Gasteiger partial charge in [-0.05, 0) is 44.9 Å². The number of rotatable bonds is 70. The summed E-state index contributed by atoms with van der Waals surface area (Å²) >= 11 is 0. The van der Waals surface area contributed by atoms with Crippen LogP contribution in [0.5, 0.6) is 0 Å². The Balaban J connectivity index is 4.00. The molecular formula is C74H147N2O6P. The van der Waals surface area contributed by atoms with Crippen LogP contribution < -0.4 is 10.2 Å². The number of aliphatic hydroxyl groups excluding tert-OH is 1. The van der Waals surface area contributed by atoms with Gasteiger partial charge in [-0.15, -0.1) is 0 Å². The second-order valence-corrected chi connectivity index (χ2v) is 28.4. The Morgan fingerprint density at radius 3 is 0.940 bits per heavy atom. The summed E-state index contributed by atoms with van der Waals surface area (Å²) in [5.41, 5.74) is 0. The highest BCUT2D eigenvalue weighted by Gasteiger charge is 2.23. The van der Waals surface area contributed by atoms with Gasteiger partial charge in [0, 0.05) is 6.42 Å². The smallest absolute Gasteiger partial charge is 0.268 e. The van der Waals surface area contributed by atoms with Crippen molar-refractivity contribution in [3.8, 4) is 0 Å². The van der Waals surface area contributed by atoms with E-state index in [1.807, 2.05) is 27.2 Å². The lowest BCUT2D eigenvalue weighted by molar-refractivity contribution is -0.870. The van der Waals surface area contributed by atoms with Crippen molar-refractivity contribution in [3.05, 3.63) is 24.3 Å². The third-order valence-corrected chi connectivity index (χ3v) is 18.4. The van der Waals surface area contributed by atoms with E-state index in [4.69, 9.17) is 9.05 Å². The molecule has 9 heteroatoms. The number of aliphatic hydroxyl groups is 1. The lowest BCUT2D eigenvalue weighted by Gasteiger charge is -2.29. The average molecular weight is 1190 g/mol. The van der Waals surface area contributed by atoms with Crippen molar-refractivity contribution < 1.29 is 32.9 Å². The lowest BCUT2D eigenvalue weighted by atomic mass is 10.0. The number of phosphoric ester groups is 1. The van der Waals surface area contributed by atoms with Crippen LogP contribution in [0.3, 0.4) is 0 Å². The van der Waals surface area contributed by atoms with Gasteiger partial charge in [0.25, 0.3) is 7.82 Å². The van der Waals surface area contributed by atoms with Crippen LogP contribution in [0.2, 0.25) is 0 Å².